The number of carbonyl (C=O) groups is 2. The molecule has 1 unspecified atom stereocenters. The van der Waals surface area contributed by atoms with Crippen molar-refractivity contribution >= 4 is 11.9 Å². The van der Waals surface area contributed by atoms with Crippen molar-refractivity contribution in [3.8, 4) is 0 Å². The minimum atomic E-state index is -0.765. The summed E-state index contributed by atoms with van der Waals surface area (Å²) in [6.45, 7) is 10.4. The molecule has 4 nitrogen and oxygen atoms in total. The topological polar surface area (TPSA) is 52.6 Å². The van der Waals surface area contributed by atoms with Gasteiger partial charge in [-0.2, -0.15) is 0 Å². The predicted molar refractivity (Wildman–Crippen MR) is 60.9 cm³/mol. The summed E-state index contributed by atoms with van der Waals surface area (Å²) >= 11 is 0. The van der Waals surface area contributed by atoms with Crippen LogP contribution in [-0.2, 0) is 19.1 Å². The molecule has 0 aromatic carbocycles. The zero-order chi connectivity index (χ0) is 13.0. The summed E-state index contributed by atoms with van der Waals surface area (Å²) in [5.41, 5.74) is -1.29. The Hall–Kier alpha value is -1.06. The third-order valence-electron chi connectivity index (χ3n) is 2.27. The van der Waals surface area contributed by atoms with Gasteiger partial charge in [0, 0.05) is 6.92 Å². The van der Waals surface area contributed by atoms with Crippen LogP contribution in [0.3, 0.4) is 0 Å². The van der Waals surface area contributed by atoms with Crippen LogP contribution in [0.25, 0.3) is 0 Å². The quantitative estimate of drug-likeness (QED) is 0.695. The summed E-state index contributed by atoms with van der Waals surface area (Å²) in [4.78, 5) is 22.7. The third-order valence-corrected chi connectivity index (χ3v) is 2.27. The molecular formula is C12H22O4. The monoisotopic (exact) mass is 230 g/mol. The summed E-state index contributed by atoms with van der Waals surface area (Å²) in [6, 6.07) is 0. The summed E-state index contributed by atoms with van der Waals surface area (Å²) in [5, 5.41) is 0. The molecule has 16 heavy (non-hydrogen) atoms. The molecule has 0 radical (unpaired) electrons. The van der Waals surface area contributed by atoms with E-state index < -0.39 is 11.0 Å². The molecule has 0 aromatic rings. The fraction of sp³-hybridized carbons (Fsp3) is 0.833. The lowest BCUT2D eigenvalue weighted by Crippen LogP contribution is -2.39. The molecule has 0 bridgehead atoms. The van der Waals surface area contributed by atoms with Gasteiger partial charge in [-0.25, -0.2) is 0 Å². The highest BCUT2D eigenvalue weighted by molar-refractivity contribution is 5.77. The van der Waals surface area contributed by atoms with Gasteiger partial charge in [0.25, 0.3) is 0 Å². The second-order valence-electron chi connectivity index (χ2n) is 5.20. The van der Waals surface area contributed by atoms with Crippen LogP contribution in [0.4, 0.5) is 0 Å². The molecule has 0 saturated carbocycles. The van der Waals surface area contributed by atoms with Crippen LogP contribution in [0.5, 0.6) is 0 Å². The van der Waals surface area contributed by atoms with Crippen LogP contribution < -0.4 is 0 Å². The van der Waals surface area contributed by atoms with Gasteiger partial charge in [-0.15, -0.1) is 0 Å². The van der Waals surface area contributed by atoms with Gasteiger partial charge in [0.15, 0.2) is 0 Å². The number of ether oxygens (including phenoxy) is 2. The van der Waals surface area contributed by atoms with Gasteiger partial charge in [-0.3, -0.25) is 9.59 Å². The minimum absolute atomic E-state index is 0.0632. The number of esters is 2. The van der Waals surface area contributed by atoms with E-state index in [4.69, 9.17) is 9.47 Å². The van der Waals surface area contributed by atoms with Gasteiger partial charge >= 0.3 is 11.9 Å². The molecule has 1 atom stereocenters. The van der Waals surface area contributed by atoms with Crippen molar-refractivity contribution in [1.82, 2.24) is 0 Å². The van der Waals surface area contributed by atoms with Crippen molar-refractivity contribution in [1.29, 1.82) is 0 Å². The lowest BCUT2D eigenvalue weighted by Gasteiger charge is -2.29. The fourth-order valence-electron chi connectivity index (χ4n) is 0.968. The number of hydrogen-bond acceptors (Lipinski definition) is 4. The molecule has 0 heterocycles. The van der Waals surface area contributed by atoms with Gasteiger partial charge < -0.3 is 9.47 Å². The van der Waals surface area contributed by atoms with Crippen LogP contribution in [-0.4, -0.2) is 24.1 Å². The molecule has 0 N–H and O–H groups in total. The van der Waals surface area contributed by atoms with E-state index in [0.717, 1.165) is 0 Å². The van der Waals surface area contributed by atoms with E-state index in [1.54, 1.807) is 6.92 Å². The normalized spacial score (nSPS) is 15.1. The van der Waals surface area contributed by atoms with Gasteiger partial charge in [0.2, 0.25) is 0 Å². The highest BCUT2D eigenvalue weighted by atomic mass is 16.6. The van der Waals surface area contributed by atoms with Gasteiger partial charge in [0.1, 0.15) is 12.2 Å². The zero-order valence-electron chi connectivity index (χ0n) is 11.0. The molecule has 0 amide bonds. The smallest absolute Gasteiger partial charge is 0.315 e. The summed E-state index contributed by atoms with van der Waals surface area (Å²) in [5.74, 6) is -0.716. The molecule has 94 valence electrons. The SMILES string of the molecule is CCC(C)(COC(C)=O)C(=O)OC(C)(C)C. The van der Waals surface area contributed by atoms with E-state index in [0.29, 0.717) is 6.42 Å². The Morgan fingerprint density at radius 2 is 1.62 bits per heavy atom. The van der Waals surface area contributed by atoms with Crippen LogP contribution in [0.2, 0.25) is 0 Å². The lowest BCUT2D eigenvalue weighted by molar-refractivity contribution is -0.172. The Morgan fingerprint density at radius 3 is 1.94 bits per heavy atom. The first-order valence-electron chi connectivity index (χ1n) is 5.47. The second kappa shape index (κ2) is 5.32. The van der Waals surface area contributed by atoms with E-state index in [2.05, 4.69) is 0 Å². The molecule has 0 rings (SSSR count). The van der Waals surface area contributed by atoms with E-state index >= 15 is 0 Å². The molecule has 0 aliphatic heterocycles. The van der Waals surface area contributed by atoms with Gasteiger partial charge in [0.05, 0.1) is 5.41 Å². The number of carbonyl (C=O) groups excluding carboxylic acids is 2. The van der Waals surface area contributed by atoms with E-state index in [9.17, 15) is 9.59 Å². The van der Waals surface area contributed by atoms with E-state index in [1.165, 1.54) is 6.92 Å². The van der Waals surface area contributed by atoms with E-state index in [1.807, 2.05) is 27.7 Å². The van der Waals surface area contributed by atoms with Crippen molar-refractivity contribution in [3.05, 3.63) is 0 Å². The third kappa shape index (κ3) is 5.14. The number of rotatable bonds is 4. The maximum Gasteiger partial charge on any atom is 0.315 e. The molecule has 0 aliphatic rings. The Bertz CT molecular complexity index is 265. The van der Waals surface area contributed by atoms with Crippen molar-refractivity contribution < 1.29 is 19.1 Å². The molecule has 0 saturated heterocycles. The molecule has 0 fully saturated rings. The molecule has 0 spiro atoms. The van der Waals surface area contributed by atoms with Crippen molar-refractivity contribution in [2.45, 2.75) is 53.6 Å². The standard InChI is InChI=1S/C12H22O4/c1-7-12(6,8-15-9(2)13)10(14)16-11(3,4)5/h7-8H2,1-6H3. The molecule has 0 aromatic heterocycles. The van der Waals surface area contributed by atoms with Gasteiger partial charge in [-0.05, 0) is 34.1 Å². The van der Waals surface area contributed by atoms with Crippen molar-refractivity contribution in [3.63, 3.8) is 0 Å². The first-order valence-corrected chi connectivity index (χ1v) is 5.47. The lowest BCUT2D eigenvalue weighted by atomic mass is 9.88. The fourth-order valence-corrected chi connectivity index (χ4v) is 0.968. The Labute approximate surface area is 97.3 Å². The maximum atomic E-state index is 11.9. The van der Waals surface area contributed by atoms with Crippen LogP contribution in [0.15, 0.2) is 0 Å². The predicted octanol–water partition coefficient (Wildman–Crippen LogP) is 2.31. The van der Waals surface area contributed by atoms with Crippen LogP contribution >= 0.6 is 0 Å². The maximum absolute atomic E-state index is 11.9. The van der Waals surface area contributed by atoms with E-state index in [-0.39, 0.29) is 18.5 Å². The van der Waals surface area contributed by atoms with Crippen molar-refractivity contribution in [2.75, 3.05) is 6.61 Å². The van der Waals surface area contributed by atoms with Gasteiger partial charge in [-0.1, -0.05) is 6.92 Å². The Kier molecular flexibility index (Phi) is 4.97. The van der Waals surface area contributed by atoms with Crippen LogP contribution in [0, 0.1) is 5.41 Å². The summed E-state index contributed by atoms with van der Waals surface area (Å²) in [7, 11) is 0. The number of hydrogen-bond donors (Lipinski definition) is 0. The molecule has 0 aliphatic carbocycles. The average Bonchev–Trinajstić information content (AvgIpc) is 2.11. The summed E-state index contributed by atoms with van der Waals surface area (Å²) in [6.07, 6.45) is 0.565. The highest BCUT2D eigenvalue weighted by Gasteiger charge is 2.36. The molecule has 4 heteroatoms. The first-order chi connectivity index (χ1) is 7.10. The Morgan fingerprint density at radius 1 is 1.12 bits per heavy atom. The first kappa shape index (κ1) is 14.9. The van der Waals surface area contributed by atoms with Crippen molar-refractivity contribution in [2.24, 2.45) is 5.41 Å². The largest absolute Gasteiger partial charge is 0.465 e. The average molecular weight is 230 g/mol. The molecular weight excluding hydrogens is 208 g/mol. The zero-order valence-corrected chi connectivity index (χ0v) is 11.0. The summed E-state index contributed by atoms with van der Waals surface area (Å²) < 4.78 is 10.2. The second-order valence-corrected chi connectivity index (χ2v) is 5.20. The highest BCUT2D eigenvalue weighted by Crippen LogP contribution is 2.26. The Balaban J connectivity index is 4.56. The van der Waals surface area contributed by atoms with Crippen LogP contribution in [0.1, 0.15) is 48.0 Å². The minimum Gasteiger partial charge on any atom is -0.465 e.